The van der Waals surface area contributed by atoms with Crippen molar-refractivity contribution in [3.8, 4) is 0 Å². The van der Waals surface area contributed by atoms with Crippen LogP contribution in [0.1, 0.15) is 25.0 Å². The molecule has 0 saturated heterocycles. The van der Waals surface area contributed by atoms with Crippen LogP contribution in [-0.4, -0.2) is 25.5 Å². The van der Waals surface area contributed by atoms with E-state index in [0.717, 1.165) is 17.8 Å². The Bertz CT molecular complexity index is 416. The number of hydrogen-bond acceptors (Lipinski definition) is 3. The molecule has 1 amide bonds. The molecule has 0 radical (unpaired) electrons. The monoisotopic (exact) mass is 249 g/mol. The maximum Gasteiger partial charge on any atom is 0.236 e. The number of aryl methyl sites for hydroxylation is 1. The van der Waals surface area contributed by atoms with Crippen LogP contribution in [-0.2, 0) is 11.3 Å². The van der Waals surface area contributed by atoms with Crippen molar-refractivity contribution in [3.05, 3.63) is 29.3 Å². The molecule has 0 atom stereocenters. The number of nitrogens with one attached hydrogen (secondary N) is 1. The minimum atomic E-state index is -0.303. The Labute approximate surface area is 109 Å². The van der Waals surface area contributed by atoms with Crippen LogP contribution >= 0.6 is 0 Å². The summed E-state index contributed by atoms with van der Waals surface area (Å²) in [6, 6.07) is 6.52. The summed E-state index contributed by atoms with van der Waals surface area (Å²) in [6.07, 6.45) is 0. The number of carbonyl (C=O) groups is 1. The zero-order valence-electron chi connectivity index (χ0n) is 11.7. The van der Waals surface area contributed by atoms with Crippen LogP contribution in [0.15, 0.2) is 18.2 Å². The van der Waals surface area contributed by atoms with Gasteiger partial charge in [-0.05, 0) is 45.0 Å². The summed E-state index contributed by atoms with van der Waals surface area (Å²) in [6.45, 7) is 7.28. The van der Waals surface area contributed by atoms with Gasteiger partial charge >= 0.3 is 0 Å². The minimum absolute atomic E-state index is 0.242. The molecule has 0 aliphatic carbocycles. The summed E-state index contributed by atoms with van der Waals surface area (Å²) >= 11 is 0. The highest BCUT2D eigenvalue weighted by atomic mass is 16.1. The topological polar surface area (TPSA) is 58.4 Å². The van der Waals surface area contributed by atoms with E-state index < -0.39 is 0 Å². The molecule has 0 bridgehead atoms. The van der Waals surface area contributed by atoms with Gasteiger partial charge in [0, 0.05) is 18.3 Å². The van der Waals surface area contributed by atoms with Crippen LogP contribution in [0.5, 0.6) is 0 Å². The molecule has 1 rings (SSSR count). The van der Waals surface area contributed by atoms with Crippen LogP contribution in [0, 0.1) is 6.92 Å². The Kier molecular flexibility index (Phi) is 5.16. The van der Waals surface area contributed by atoms with Crippen molar-refractivity contribution in [2.75, 3.05) is 18.5 Å². The first-order valence-corrected chi connectivity index (χ1v) is 6.24. The minimum Gasteiger partial charge on any atom is -0.368 e. The van der Waals surface area contributed by atoms with E-state index in [9.17, 15) is 4.79 Å². The van der Waals surface area contributed by atoms with Gasteiger partial charge in [0.05, 0.1) is 6.54 Å². The molecule has 0 fully saturated rings. The van der Waals surface area contributed by atoms with Gasteiger partial charge in [-0.25, -0.2) is 0 Å². The van der Waals surface area contributed by atoms with Crippen molar-refractivity contribution in [2.24, 2.45) is 5.73 Å². The molecule has 4 heteroatoms. The van der Waals surface area contributed by atoms with Crippen molar-refractivity contribution in [1.29, 1.82) is 0 Å². The average Bonchev–Trinajstić information content (AvgIpc) is 2.26. The molecule has 0 saturated carbocycles. The first-order valence-electron chi connectivity index (χ1n) is 6.24. The van der Waals surface area contributed by atoms with E-state index in [1.807, 2.05) is 11.9 Å². The molecule has 0 aromatic heterocycles. The fourth-order valence-electron chi connectivity index (χ4n) is 2.07. The smallest absolute Gasteiger partial charge is 0.236 e. The lowest BCUT2D eigenvalue weighted by Gasteiger charge is -2.29. The second-order valence-corrected chi connectivity index (χ2v) is 4.84. The summed E-state index contributed by atoms with van der Waals surface area (Å²) in [5, 5.41) is 3.13. The highest BCUT2D eigenvalue weighted by Gasteiger charge is 2.15. The number of nitrogens with two attached hydrogens (primary N) is 1. The number of anilines is 1. The number of primary amides is 1. The summed E-state index contributed by atoms with van der Waals surface area (Å²) in [4.78, 5) is 13.2. The summed E-state index contributed by atoms with van der Waals surface area (Å²) in [7, 11) is 1.93. The third-order valence-corrected chi connectivity index (χ3v) is 2.90. The van der Waals surface area contributed by atoms with Gasteiger partial charge in [0.1, 0.15) is 0 Å². The highest BCUT2D eigenvalue weighted by Crippen LogP contribution is 2.23. The predicted octanol–water partition coefficient (Wildman–Crippen LogP) is 1.41. The molecule has 4 nitrogen and oxygen atoms in total. The number of carbonyl (C=O) groups excluding carboxylic acids is 1. The molecule has 0 spiro atoms. The van der Waals surface area contributed by atoms with Crippen LogP contribution in [0.2, 0.25) is 0 Å². The van der Waals surface area contributed by atoms with E-state index in [-0.39, 0.29) is 18.5 Å². The van der Waals surface area contributed by atoms with E-state index in [1.54, 1.807) is 0 Å². The SMILES string of the molecule is CNCc1ccc(N(CC(N)=O)C(C)C)c(C)c1. The van der Waals surface area contributed by atoms with Crippen molar-refractivity contribution < 1.29 is 4.79 Å². The van der Waals surface area contributed by atoms with Crippen molar-refractivity contribution >= 4 is 11.6 Å². The van der Waals surface area contributed by atoms with Crippen LogP contribution in [0.25, 0.3) is 0 Å². The molecule has 3 N–H and O–H groups in total. The summed E-state index contributed by atoms with van der Waals surface area (Å²) in [5.41, 5.74) is 8.78. The van der Waals surface area contributed by atoms with E-state index in [4.69, 9.17) is 5.73 Å². The van der Waals surface area contributed by atoms with Crippen LogP contribution in [0.4, 0.5) is 5.69 Å². The van der Waals surface area contributed by atoms with Gasteiger partial charge in [-0.1, -0.05) is 12.1 Å². The third kappa shape index (κ3) is 3.74. The molecule has 100 valence electrons. The second kappa shape index (κ2) is 6.40. The summed E-state index contributed by atoms with van der Waals surface area (Å²) < 4.78 is 0. The van der Waals surface area contributed by atoms with Crippen molar-refractivity contribution in [2.45, 2.75) is 33.4 Å². The number of rotatable bonds is 6. The van der Waals surface area contributed by atoms with Gasteiger partial charge in [0.15, 0.2) is 0 Å². The van der Waals surface area contributed by atoms with Gasteiger partial charge in [0.25, 0.3) is 0 Å². The highest BCUT2D eigenvalue weighted by molar-refractivity contribution is 5.80. The molecule has 0 unspecified atom stereocenters. The Hall–Kier alpha value is -1.55. The number of amides is 1. The Morgan fingerprint density at radius 2 is 2.11 bits per heavy atom. The third-order valence-electron chi connectivity index (χ3n) is 2.90. The molecule has 1 aromatic rings. The molecular formula is C14H23N3O. The second-order valence-electron chi connectivity index (χ2n) is 4.84. The first-order chi connectivity index (χ1) is 8.45. The molecule has 1 aromatic carbocycles. The van der Waals surface area contributed by atoms with E-state index in [2.05, 4.69) is 44.3 Å². The number of benzene rings is 1. The summed E-state index contributed by atoms with van der Waals surface area (Å²) in [5.74, 6) is -0.303. The van der Waals surface area contributed by atoms with Gasteiger partial charge in [-0.3, -0.25) is 4.79 Å². The zero-order valence-corrected chi connectivity index (χ0v) is 11.7. The Morgan fingerprint density at radius 1 is 1.44 bits per heavy atom. The number of hydrogen-bond donors (Lipinski definition) is 2. The van der Waals surface area contributed by atoms with Crippen LogP contribution < -0.4 is 16.0 Å². The first kappa shape index (κ1) is 14.5. The Morgan fingerprint density at radius 3 is 2.56 bits per heavy atom. The molecule has 0 aliphatic heterocycles. The maximum atomic E-state index is 11.1. The molecule has 0 aliphatic rings. The lowest BCUT2D eigenvalue weighted by atomic mass is 10.1. The van der Waals surface area contributed by atoms with Crippen molar-refractivity contribution in [1.82, 2.24) is 5.32 Å². The number of nitrogens with zero attached hydrogens (tertiary/aromatic N) is 1. The predicted molar refractivity (Wildman–Crippen MR) is 75.6 cm³/mol. The van der Waals surface area contributed by atoms with E-state index in [0.29, 0.717) is 0 Å². The average molecular weight is 249 g/mol. The molecular weight excluding hydrogens is 226 g/mol. The fourth-order valence-corrected chi connectivity index (χ4v) is 2.07. The van der Waals surface area contributed by atoms with Gasteiger partial charge < -0.3 is 16.0 Å². The van der Waals surface area contributed by atoms with Crippen molar-refractivity contribution in [3.63, 3.8) is 0 Å². The zero-order chi connectivity index (χ0) is 13.7. The molecule has 0 heterocycles. The lowest BCUT2D eigenvalue weighted by molar-refractivity contribution is -0.116. The van der Waals surface area contributed by atoms with Crippen LogP contribution in [0.3, 0.4) is 0 Å². The quantitative estimate of drug-likeness (QED) is 0.801. The maximum absolute atomic E-state index is 11.1. The van der Waals surface area contributed by atoms with E-state index in [1.165, 1.54) is 5.56 Å². The lowest BCUT2D eigenvalue weighted by Crippen LogP contribution is -2.39. The normalized spacial score (nSPS) is 10.7. The largest absolute Gasteiger partial charge is 0.368 e. The van der Waals surface area contributed by atoms with Gasteiger partial charge in [-0.15, -0.1) is 0 Å². The Balaban J connectivity index is 3.01. The standard InChI is InChI=1S/C14H23N3O/c1-10(2)17(9-14(15)18)13-6-5-12(8-16-4)7-11(13)3/h5-7,10,16H,8-9H2,1-4H3,(H2,15,18). The molecule has 18 heavy (non-hydrogen) atoms. The van der Waals surface area contributed by atoms with Gasteiger partial charge in [-0.2, -0.15) is 0 Å². The van der Waals surface area contributed by atoms with E-state index >= 15 is 0 Å². The van der Waals surface area contributed by atoms with Gasteiger partial charge in [0.2, 0.25) is 5.91 Å². The fraction of sp³-hybridized carbons (Fsp3) is 0.500.